The van der Waals surface area contributed by atoms with Crippen molar-refractivity contribution in [1.29, 1.82) is 0 Å². The fraction of sp³-hybridized carbons (Fsp3) is 0.333. The second-order valence-corrected chi connectivity index (χ2v) is 6.59. The summed E-state index contributed by atoms with van der Waals surface area (Å²) in [5.74, 6) is 0.129. The van der Waals surface area contributed by atoms with Crippen LogP contribution in [0.15, 0.2) is 22.7 Å². The molecule has 0 amide bonds. The number of ketones is 1. The van der Waals surface area contributed by atoms with Crippen molar-refractivity contribution in [3.8, 4) is 0 Å². The van der Waals surface area contributed by atoms with E-state index in [2.05, 4.69) is 50.5 Å². The summed E-state index contributed by atoms with van der Waals surface area (Å²) in [5.41, 5.74) is 3.85. The number of nitrogens with zero attached hydrogens (tertiary/aromatic N) is 2. The van der Waals surface area contributed by atoms with Gasteiger partial charge in [-0.15, -0.1) is 0 Å². The van der Waals surface area contributed by atoms with Gasteiger partial charge in [0.1, 0.15) is 0 Å². The third-order valence-electron chi connectivity index (χ3n) is 3.32. The smallest absolute Gasteiger partial charge is 0.169 e. The van der Waals surface area contributed by atoms with E-state index in [4.69, 9.17) is 0 Å². The third kappa shape index (κ3) is 2.98. The summed E-state index contributed by atoms with van der Waals surface area (Å²) in [4.78, 5) is 12.5. The van der Waals surface area contributed by atoms with Crippen molar-refractivity contribution in [1.82, 2.24) is 9.78 Å². The van der Waals surface area contributed by atoms with Gasteiger partial charge >= 0.3 is 0 Å². The van der Waals surface area contributed by atoms with Crippen molar-refractivity contribution in [2.75, 3.05) is 0 Å². The molecule has 20 heavy (non-hydrogen) atoms. The van der Waals surface area contributed by atoms with Crippen molar-refractivity contribution < 1.29 is 4.79 Å². The Morgan fingerprint density at radius 3 is 2.75 bits per heavy atom. The molecule has 0 atom stereocenters. The standard InChI is InChI=1S/C15H16BrIN2O/c1-4-11-14(16)12(19(3)18-11)8-13(20)10-7-5-6-9(2)15(10)17/h5-7H,4,8H2,1-3H3. The van der Waals surface area contributed by atoms with E-state index in [0.717, 1.165) is 37.0 Å². The maximum absolute atomic E-state index is 12.5. The lowest BCUT2D eigenvalue weighted by Gasteiger charge is -2.07. The average molecular weight is 447 g/mol. The predicted molar refractivity (Wildman–Crippen MR) is 92.2 cm³/mol. The summed E-state index contributed by atoms with van der Waals surface area (Å²) >= 11 is 5.80. The minimum atomic E-state index is 0.129. The van der Waals surface area contributed by atoms with Crippen molar-refractivity contribution in [2.24, 2.45) is 7.05 Å². The first-order valence-corrected chi connectivity index (χ1v) is 8.31. The Labute approximate surface area is 141 Å². The molecule has 0 unspecified atom stereocenters. The number of hydrogen-bond donors (Lipinski definition) is 0. The molecule has 106 valence electrons. The van der Waals surface area contributed by atoms with E-state index < -0.39 is 0 Å². The Morgan fingerprint density at radius 1 is 1.45 bits per heavy atom. The summed E-state index contributed by atoms with van der Waals surface area (Å²) < 4.78 is 3.78. The molecule has 0 radical (unpaired) electrons. The van der Waals surface area contributed by atoms with E-state index in [-0.39, 0.29) is 5.78 Å². The molecule has 0 saturated heterocycles. The lowest BCUT2D eigenvalue weighted by atomic mass is 10.0. The van der Waals surface area contributed by atoms with Gasteiger partial charge in [0, 0.05) is 16.2 Å². The summed E-state index contributed by atoms with van der Waals surface area (Å²) in [6, 6.07) is 5.84. The third-order valence-corrected chi connectivity index (χ3v) is 5.67. The van der Waals surface area contributed by atoms with E-state index >= 15 is 0 Å². The molecule has 5 heteroatoms. The SMILES string of the molecule is CCc1nn(C)c(CC(=O)c2cccc(C)c2I)c1Br. The zero-order valence-corrected chi connectivity index (χ0v) is 15.4. The highest BCUT2D eigenvalue weighted by molar-refractivity contribution is 14.1. The van der Waals surface area contributed by atoms with E-state index in [1.54, 1.807) is 4.68 Å². The van der Waals surface area contributed by atoms with Gasteiger partial charge in [-0.2, -0.15) is 5.10 Å². The van der Waals surface area contributed by atoms with Crippen molar-refractivity contribution in [2.45, 2.75) is 26.7 Å². The van der Waals surface area contributed by atoms with Gasteiger partial charge in [-0.25, -0.2) is 0 Å². The van der Waals surface area contributed by atoms with Gasteiger partial charge in [0.15, 0.2) is 5.78 Å². The van der Waals surface area contributed by atoms with Crippen LogP contribution in [0.5, 0.6) is 0 Å². The van der Waals surface area contributed by atoms with Crippen LogP contribution < -0.4 is 0 Å². The molecule has 0 bridgehead atoms. The molecule has 0 aliphatic rings. The van der Waals surface area contributed by atoms with Crippen LogP contribution in [0.25, 0.3) is 0 Å². The quantitative estimate of drug-likeness (QED) is 0.523. The second kappa shape index (κ2) is 6.39. The van der Waals surface area contributed by atoms with Gasteiger partial charge in [0.25, 0.3) is 0 Å². The van der Waals surface area contributed by atoms with E-state index in [1.165, 1.54) is 0 Å². The molecule has 2 aromatic rings. The molecule has 2 rings (SSSR count). The molecule has 1 heterocycles. The molecule has 0 N–H and O–H groups in total. The fourth-order valence-corrected chi connectivity index (χ4v) is 3.54. The second-order valence-electron chi connectivity index (χ2n) is 4.72. The highest BCUT2D eigenvalue weighted by Gasteiger charge is 2.18. The van der Waals surface area contributed by atoms with Crippen LogP contribution in [-0.2, 0) is 19.9 Å². The molecule has 0 fully saturated rings. The fourth-order valence-electron chi connectivity index (χ4n) is 2.12. The molecule has 0 aliphatic heterocycles. The van der Waals surface area contributed by atoms with Gasteiger partial charge < -0.3 is 0 Å². The van der Waals surface area contributed by atoms with Crippen LogP contribution in [0.1, 0.15) is 34.2 Å². The minimum absolute atomic E-state index is 0.129. The Balaban J connectivity index is 2.33. The van der Waals surface area contributed by atoms with Gasteiger partial charge in [-0.3, -0.25) is 9.48 Å². The van der Waals surface area contributed by atoms with Crippen LogP contribution in [0.4, 0.5) is 0 Å². The Bertz CT molecular complexity index is 664. The number of Topliss-reactive ketones (excluding diaryl/α,β-unsaturated/α-hetero) is 1. The number of aryl methyl sites for hydroxylation is 3. The van der Waals surface area contributed by atoms with Crippen LogP contribution in [0.3, 0.4) is 0 Å². The van der Waals surface area contributed by atoms with E-state index in [0.29, 0.717) is 6.42 Å². The van der Waals surface area contributed by atoms with Crippen molar-refractivity contribution >= 4 is 44.3 Å². The Morgan fingerprint density at radius 2 is 2.15 bits per heavy atom. The maximum atomic E-state index is 12.5. The summed E-state index contributed by atoms with van der Waals surface area (Å²) in [5, 5.41) is 4.43. The van der Waals surface area contributed by atoms with Gasteiger partial charge in [-0.05, 0) is 57.4 Å². The number of benzene rings is 1. The first-order valence-electron chi connectivity index (χ1n) is 6.44. The largest absolute Gasteiger partial charge is 0.294 e. The highest BCUT2D eigenvalue weighted by Crippen LogP contribution is 2.24. The average Bonchev–Trinajstić information content (AvgIpc) is 2.69. The summed E-state index contributed by atoms with van der Waals surface area (Å²) in [6.45, 7) is 4.08. The first-order chi connectivity index (χ1) is 9.45. The number of rotatable bonds is 4. The molecular weight excluding hydrogens is 431 g/mol. The van der Waals surface area contributed by atoms with E-state index in [9.17, 15) is 4.79 Å². The Hall–Kier alpha value is -0.690. The van der Waals surface area contributed by atoms with Crippen LogP contribution >= 0.6 is 38.5 Å². The van der Waals surface area contributed by atoms with Gasteiger partial charge in [0.05, 0.1) is 22.3 Å². The van der Waals surface area contributed by atoms with Crippen LogP contribution in [0, 0.1) is 10.5 Å². The first kappa shape index (κ1) is 15.7. The zero-order valence-electron chi connectivity index (χ0n) is 11.7. The molecule has 0 spiro atoms. The number of carbonyl (C=O) groups is 1. The van der Waals surface area contributed by atoms with E-state index in [1.807, 2.05) is 32.2 Å². The molecular formula is C15H16BrIN2O. The summed E-state index contributed by atoms with van der Waals surface area (Å²) in [7, 11) is 1.88. The molecule has 1 aromatic heterocycles. The molecule has 1 aromatic carbocycles. The van der Waals surface area contributed by atoms with Gasteiger partial charge in [-0.1, -0.05) is 25.1 Å². The topological polar surface area (TPSA) is 34.9 Å². The molecule has 3 nitrogen and oxygen atoms in total. The maximum Gasteiger partial charge on any atom is 0.169 e. The zero-order chi connectivity index (χ0) is 14.9. The summed E-state index contributed by atoms with van der Waals surface area (Å²) in [6.07, 6.45) is 1.22. The lowest BCUT2D eigenvalue weighted by molar-refractivity contribution is 0.0989. The van der Waals surface area contributed by atoms with Crippen LogP contribution in [-0.4, -0.2) is 15.6 Å². The number of hydrogen-bond acceptors (Lipinski definition) is 2. The number of aromatic nitrogens is 2. The molecule has 0 saturated carbocycles. The minimum Gasteiger partial charge on any atom is -0.294 e. The monoisotopic (exact) mass is 446 g/mol. The predicted octanol–water partition coefficient (Wildman–Crippen LogP) is 4.08. The van der Waals surface area contributed by atoms with Crippen LogP contribution in [0.2, 0.25) is 0 Å². The number of carbonyl (C=O) groups excluding carboxylic acids is 1. The van der Waals surface area contributed by atoms with Crippen molar-refractivity contribution in [3.05, 3.63) is 48.8 Å². The molecule has 0 aliphatic carbocycles. The lowest BCUT2D eigenvalue weighted by Crippen LogP contribution is -2.10. The van der Waals surface area contributed by atoms with Gasteiger partial charge in [0.2, 0.25) is 0 Å². The highest BCUT2D eigenvalue weighted by atomic mass is 127. The van der Waals surface area contributed by atoms with Crippen molar-refractivity contribution in [3.63, 3.8) is 0 Å². The normalized spacial score (nSPS) is 10.8. The Kier molecular flexibility index (Phi) is 5.01. The number of halogens is 2.